The van der Waals surface area contributed by atoms with Crippen LogP contribution in [0.5, 0.6) is 0 Å². The Bertz CT molecular complexity index is 1130. The highest BCUT2D eigenvalue weighted by Crippen LogP contribution is 2.19. The van der Waals surface area contributed by atoms with Crippen molar-refractivity contribution in [1.82, 2.24) is 29.5 Å². The predicted octanol–water partition coefficient (Wildman–Crippen LogP) is 2.95. The van der Waals surface area contributed by atoms with E-state index in [2.05, 4.69) is 20.4 Å². The number of aromatic nitrogens is 5. The third-order valence-corrected chi connectivity index (χ3v) is 4.91. The summed E-state index contributed by atoms with van der Waals surface area (Å²) in [6, 6.07) is 9.50. The van der Waals surface area contributed by atoms with Crippen molar-refractivity contribution in [2.75, 3.05) is 0 Å². The van der Waals surface area contributed by atoms with E-state index in [9.17, 15) is 4.79 Å². The number of carbonyl (C=O) groups excluding carboxylic acids is 1. The van der Waals surface area contributed by atoms with Gasteiger partial charge in [-0.2, -0.15) is 5.10 Å². The van der Waals surface area contributed by atoms with Gasteiger partial charge in [-0.15, -0.1) is 0 Å². The van der Waals surface area contributed by atoms with Crippen molar-refractivity contribution in [1.29, 1.82) is 0 Å². The molecule has 1 amide bonds. The van der Waals surface area contributed by atoms with Gasteiger partial charge in [-0.05, 0) is 44.5 Å². The topological polar surface area (TPSA) is 77.1 Å². The van der Waals surface area contributed by atoms with Crippen LogP contribution in [0.1, 0.15) is 35.5 Å². The van der Waals surface area contributed by atoms with Crippen LogP contribution in [-0.2, 0) is 11.2 Å². The highest BCUT2D eigenvalue weighted by atomic mass is 16.1. The molecule has 0 bridgehead atoms. The maximum absolute atomic E-state index is 12.6. The molecule has 0 aliphatic rings. The summed E-state index contributed by atoms with van der Waals surface area (Å²) >= 11 is 0. The largest absolute Gasteiger partial charge is 0.349 e. The SMILES string of the molecule is Cc1cccn2c(CC(=O)N[C@H](C)c3cnn(-c4ccccn4)c3C)cnc12. The first-order valence-electron chi connectivity index (χ1n) is 9.21. The molecule has 4 rings (SSSR count). The van der Waals surface area contributed by atoms with Gasteiger partial charge in [-0.25, -0.2) is 14.6 Å². The van der Waals surface area contributed by atoms with Crippen molar-refractivity contribution in [3.63, 3.8) is 0 Å². The van der Waals surface area contributed by atoms with Crippen LogP contribution in [0, 0.1) is 13.8 Å². The minimum absolute atomic E-state index is 0.0548. The van der Waals surface area contributed by atoms with Gasteiger partial charge in [0.15, 0.2) is 5.82 Å². The Hall–Kier alpha value is -3.48. The number of hydrogen-bond donors (Lipinski definition) is 1. The molecule has 4 aromatic rings. The average molecular weight is 374 g/mol. The predicted molar refractivity (Wildman–Crippen MR) is 106 cm³/mol. The summed E-state index contributed by atoms with van der Waals surface area (Å²) in [5.74, 6) is 0.701. The first-order valence-corrected chi connectivity index (χ1v) is 9.21. The molecular weight excluding hydrogens is 352 g/mol. The molecule has 7 nitrogen and oxygen atoms in total. The molecule has 0 saturated heterocycles. The van der Waals surface area contributed by atoms with Gasteiger partial charge in [0, 0.05) is 29.8 Å². The lowest BCUT2D eigenvalue weighted by Gasteiger charge is -2.14. The van der Waals surface area contributed by atoms with Crippen LogP contribution in [0.25, 0.3) is 11.5 Å². The van der Waals surface area contributed by atoms with Gasteiger partial charge in [0.05, 0.1) is 24.4 Å². The third kappa shape index (κ3) is 3.26. The van der Waals surface area contributed by atoms with E-state index in [1.807, 2.05) is 61.7 Å². The molecule has 4 aromatic heterocycles. The normalized spacial score (nSPS) is 12.2. The second kappa shape index (κ2) is 7.26. The lowest BCUT2D eigenvalue weighted by molar-refractivity contribution is -0.121. The van der Waals surface area contributed by atoms with Crippen LogP contribution in [0.15, 0.2) is 55.1 Å². The molecule has 28 heavy (non-hydrogen) atoms. The van der Waals surface area contributed by atoms with Crippen LogP contribution in [0.3, 0.4) is 0 Å². The van der Waals surface area contributed by atoms with Gasteiger partial charge in [-0.3, -0.25) is 4.79 Å². The maximum Gasteiger partial charge on any atom is 0.226 e. The average Bonchev–Trinajstić information content (AvgIpc) is 3.27. The Kier molecular flexibility index (Phi) is 4.65. The summed E-state index contributed by atoms with van der Waals surface area (Å²) in [5, 5.41) is 7.50. The van der Waals surface area contributed by atoms with Gasteiger partial charge in [0.25, 0.3) is 0 Å². The van der Waals surface area contributed by atoms with Crippen LogP contribution < -0.4 is 5.32 Å². The number of aryl methyl sites for hydroxylation is 1. The van der Waals surface area contributed by atoms with E-state index in [1.54, 1.807) is 23.3 Å². The van der Waals surface area contributed by atoms with Gasteiger partial charge >= 0.3 is 0 Å². The third-order valence-electron chi connectivity index (χ3n) is 4.91. The van der Waals surface area contributed by atoms with Crippen molar-refractivity contribution >= 4 is 11.6 Å². The Morgan fingerprint density at radius 1 is 1.14 bits per heavy atom. The molecule has 0 spiro atoms. The van der Waals surface area contributed by atoms with Gasteiger partial charge in [-0.1, -0.05) is 12.1 Å². The summed E-state index contributed by atoms with van der Waals surface area (Å²) in [4.78, 5) is 21.4. The smallest absolute Gasteiger partial charge is 0.226 e. The molecule has 0 unspecified atom stereocenters. The van der Waals surface area contributed by atoms with Crippen LogP contribution in [0.4, 0.5) is 0 Å². The Morgan fingerprint density at radius 2 is 2.00 bits per heavy atom. The van der Waals surface area contributed by atoms with E-state index in [0.717, 1.165) is 34.0 Å². The van der Waals surface area contributed by atoms with Crippen molar-refractivity contribution in [2.24, 2.45) is 0 Å². The summed E-state index contributed by atoms with van der Waals surface area (Å²) in [7, 11) is 0. The lowest BCUT2D eigenvalue weighted by Crippen LogP contribution is -2.28. The monoisotopic (exact) mass is 374 g/mol. The minimum Gasteiger partial charge on any atom is -0.349 e. The van der Waals surface area contributed by atoms with E-state index in [0.29, 0.717) is 0 Å². The highest BCUT2D eigenvalue weighted by Gasteiger charge is 2.18. The quantitative estimate of drug-likeness (QED) is 0.583. The first kappa shape index (κ1) is 17.9. The molecule has 0 saturated carbocycles. The lowest BCUT2D eigenvalue weighted by atomic mass is 10.1. The number of fused-ring (bicyclic) bond motifs is 1. The number of nitrogens with zero attached hydrogens (tertiary/aromatic N) is 5. The molecule has 0 aromatic carbocycles. The van der Waals surface area contributed by atoms with Gasteiger partial charge < -0.3 is 9.72 Å². The standard InChI is InChI=1S/C21H22N6O/c1-14-7-6-10-26-17(12-23-21(14)26)11-20(28)25-15(2)18-13-24-27(16(18)3)19-8-4-5-9-22-19/h4-10,12-13,15H,11H2,1-3H3,(H,25,28)/t15-/m1/s1. The molecule has 0 aliphatic heterocycles. The molecule has 142 valence electrons. The number of nitrogens with one attached hydrogen (secondary N) is 1. The maximum atomic E-state index is 12.6. The summed E-state index contributed by atoms with van der Waals surface area (Å²) in [6.07, 6.45) is 7.48. The van der Waals surface area contributed by atoms with E-state index in [4.69, 9.17) is 0 Å². The molecule has 1 N–H and O–H groups in total. The Labute approximate surface area is 163 Å². The molecule has 0 fully saturated rings. The fourth-order valence-electron chi connectivity index (χ4n) is 3.43. The van der Waals surface area contributed by atoms with E-state index in [1.165, 1.54) is 0 Å². The van der Waals surface area contributed by atoms with Gasteiger partial charge in [0.1, 0.15) is 5.65 Å². The van der Waals surface area contributed by atoms with Crippen LogP contribution in [-0.4, -0.2) is 30.1 Å². The van der Waals surface area contributed by atoms with E-state index in [-0.39, 0.29) is 18.4 Å². The summed E-state index contributed by atoms with van der Waals surface area (Å²) in [6.45, 7) is 5.95. The van der Waals surface area contributed by atoms with E-state index < -0.39 is 0 Å². The Balaban J connectivity index is 1.49. The minimum atomic E-state index is -0.161. The van der Waals surface area contributed by atoms with Crippen LogP contribution >= 0.6 is 0 Å². The summed E-state index contributed by atoms with van der Waals surface area (Å²) in [5.41, 5.74) is 4.75. The first-order chi connectivity index (χ1) is 13.5. The second-order valence-electron chi connectivity index (χ2n) is 6.89. The molecule has 0 radical (unpaired) electrons. The fourth-order valence-corrected chi connectivity index (χ4v) is 3.43. The molecule has 0 aliphatic carbocycles. The number of hydrogen-bond acceptors (Lipinski definition) is 4. The fraction of sp³-hybridized carbons (Fsp3) is 0.238. The van der Waals surface area contributed by atoms with Crippen molar-refractivity contribution in [2.45, 2.75) is 33.2 Å². The number of imidazole rings is 1. The molecule has 7 heteroatoms. The number of pyridine rings is 2. The molecule has 1 atom stereocenters. The van der Waals surface area contributed by atoms with Gasteiger partial charge in [0.2, 0.25) is 5.91 Å². The zero-order valence-corrected chi connectivity index (χ0v) is 16.1. The van der Waals surface area contributed by atoms with Crippen molar-refractivity contribution in [3.05, 3.63) is 77.6 Å². The second-order valence-corrected chi connectivity index (χ2v) is 6.89. The highest BCUT2D eigenvalue weighted by molar-refractivity contribution is 5.79. The zero-order valence-electron chi connectivity index (χ0n) is 16.1. The van der Waals surface area contributed by atoms with Crippen molar-refractivity contribution < 1.29 is 4.79 Å². The van der Waals surface area contributed by atoms with Crippen molar-refractivity contribution in [3.8, 4) is 5.82 Å². The van der Waals surface area contributed by atoms with Crippen LogP contribution in [0.2, 0.25) is 0 Å². The number of amides is 1. The Morgan fingerprint density at radius 3 is 2.79 bits per heavy atom. The molecular formula is C21H22N6O. The zero-order chi connectivity index (χ0) is 19.7. The summed E-state index contributed by atoms with van der Waals surface area (Å²) < 4.78 is 3.75. The number of rotatable bonds is 5. The molecule has 4 heterocycles. The number of carbonyl (C=O) groups is 1. The van der Waals surface area contributed by atoms with E-state index >= 15 is 0 Å².